The van der Waals surface area contributed by atoms with E-state index in [1.54, 1.807) is 24.4 Å². The quantitative estimate of drug-likeness (QED) is 0.678. The fourth-order valence-electron chi connectivity index (χ4n) is 1.76. The van der Waals surface area contributed by atoms with Crippen LogP contribution in [0.2, 0.25) is 0 Å². The maximum atomic E-state index is 12.0. The van der Waals surface area contributed by atoms with Crippen molar-refractivity contribution in [2.75, 3.05) is 18.2 Å². The van der Waals surface area contributed by atoms with Crippen LogP contribution in [0.3, 0.4) is 0 Å². The Bertz CT molecular complexity index is 674. The average molecular weight is 316 g/mol. The van der Waals surface area contributed by atoms with Crippen molar-refractivity contribution in [2.45, 2.75) is 11.9 Å². The Labute approximate surface area is 133 Å². The van der Waals surface area contributed by atoms with E-state index in [-0.39, 0.29) is 11.7 Å². The van der Waals surface area contributed by atoms with Gasteiger partial charge in [0, 0.05) is 11.9 Å². The number of nitrogens with zero attached hydrogens (tertiary/aromatic N) is 1. The van der Waals surface area contributed by atoms with Gasteiger partial charge in [0.25, 0.3) is 0 Å². The van der Waals surface area contributed by atoms with Crippen LogP contribution in [-0.4, -0.2) is 29.7 Å². The second-order valence-corrected chi connectivity index (χ2v) is 5.52. The molecular weight excluding hydrogens is 300 g/mol. The molecule has 5 nitrogen and oxygen atoms in total. The number of carbonyl (C=O) groups excluding carboxylic acids is 2. The van der Waals surface area contributed by atoms with E-state index in [4.69, 9.17) is 0 Å². The zero-order valence-electron chi connectivity index (χ0n) is 12.3. The van der Waals surface area contributed by atoms with Crippen LogP contribution in [0.5, 0.6) is 0 Å². The van der Waals surface area contributed by atoms with Crippen LogP contribution in [0.4, 0.5) is 5.69 Å². The summed E-state index contributed by atoms with van der Waals surface area (Å²) in [5.41, 5.74) is 1.89. The number of esters is 1. The first-order valence-electron chi connectivity index (χ1n) is 6.63. The monoisotopic (exact) mass is 316 g/mol. The summed E-state index contributed by atoms with van der Waals surface area (Å²) >= 11 is 1.35. The molecule has 6 heteroatoms. The zero-order valence-corrected chi connectivity index (χ0v) is 13.1. The predicted octanol–water partition coefficient (Wildman–Crippen LogP) is 2.91. The molecule has 0 bridgehead atoms. The lowest BCUT2D eigenvalue weighted by Crippen LogP contribution is -2.15. The molecule has 22 heavy (non-hydrogen) atoms. The minimum Gasteiger partial charge on any atom is -0.465 e. The molecule has 0 aliphatic rings. The number of aromatic nitrogens is 1. The standard InChI is InChI=1S/C16H16N2O3S/c1-11-6-7-12(16(20)21-2)9-13(11)18-14(19)10-22-15-5-3-4-8-17-15/h3-9H,10H2,1-2H3,(H,18,19). The van der Waals surface area contributed by atoms with Gasteiger partial charge in [0.15, 0.2) is 0 Å². The van der Waals surface area contributed by atoms with Gasteiger partial charge in [-0.05, 0) is 36.8 Å². The maximum absolute atomic E-state index is 12.0. The molecule has 2 rings (SSSR count). The van der Waals surface area contributed by atoms with Crippen molar-refractivity contribution in [3.63, 3.8) is 0 Å². The average Bonchev–Trinajstić information content (AvgIpc) is 2.55. The summed E-state index contributed by atoms with van der Waals surface area (Å²) in [6.45, 7) is 1.86. The molecule has 114 valence electrons. The summed E-state index contributed by atoms with van der Waals surface area (Å²) in [4.78, 5) is 27.7. The molecule has 1 amide bonds. The number of benzene rings is 1. The number of aryl methyl sites for hydroxylation is 1. The first kappa shape index (κ1) is 16.0. The van der Waals surface area contributed by atoms with E-state index in [1.165, 1.54) is 18.9 Å². The molecule has 0 saturated heterocycles. The molecule has 0 unspecified atom stereocenters. The van der Waals surface area contributed by atoms with Crippen LogP contribution in [0.25, 0.3) is 0 Å². The van der Waals surface area contributed by atoms with Gasteiger partial charge in [-0.25, -0.2) is 9.78 Å². The molecule has 0 spiro atoms. The minimum absolute atomic E-state index is 0.152. The molecule has 0 saturated carbocycles. The molecule has 0 aliphatic carbocycles. The van der Waals surface area contributed by atoms with Gasteiger partial charge in [0.1, 0.15) is 0 Å². The highest BCUT2D eigenvalue weighted by molar-refractivity contribution is 7.99. The third kappa shape index (κ3) is 4.33. The summed E-state index contributed by atoms with van der Waals surface area (Å²) in [7, 11) is 1.32. The highest BCUT2D eigenvalue weighted by Crippen LogP contribution is 2.19. The fourth-order valence-corrected chi connectivity index (χ4v) is 2.42. The number of carbonyl (C=O) groups is 2. The highest BCUT2D eigenvalue weighted by Gasteiger charge is 2.10. The summed E-state index contributed by atoms with van der Waals surface area (Å²) in [5, 5.41) is 3.59. The molecule has 0 atom stereocenters. The fraction of sp³-hybridized carbons (Fsp3) is 0.188. The second-order valence-electron chi connectivity index (χ2n) is 4.53. The third-order valence-electron chi connectivity index (χ3n) is 2.92. The van der Waals surface area contributed by atoms with E-state index in [1.807, 2.05) is 25.1 Å². The lowest BCUT2D eigenvalue weighted by Gasteiger charge is -2.09. The molecule has 1 N–H and O–H groups in total. The number of hydrogen-bond donors (Lipinski definition) is 1. The molecule has 0 fully saturated rings. The minimum atomic E-state index is -0.432. The normalized spacial score (nSPS) is 10.1. The Morgan fingerprint density at radius 1 is 1.27 bits per heavy atom. The molecule has 0 radical (unpaired) electrons. The number of hydrogen-bond acceptors (Lipinski definition) is 5. The van der Waals surface area contributed by atoms with Crippen molar-refractivity contribution in [3.05, 3.63) is 53.7 Å². The number of rotatable bonds is 5. The number of pyridine rings is 1. The van der Waals surface area contributed by atoms with Gasteiger partial charge in [-0.3, -0.25) is 4.79 Å². The summed E-state index contributed by atoms with van der Waals surface area (Å²) in [6.07, 6.45) is 1.68. The summed E-state index contributed by atoms with van der Waals surface area (Å²) in [5.74, 6) is -0.335. The van der Waals surface area contributed by atoms with Crippen LogP contribution < -0.4 is 5.32 Å². The molecule has 2 aromatic rings. The van der Waals surface area contributed by atoms with Crippen molar-refractivity contribution in [3.8, 4) is 0 Å². The Morgan fingerprint density at radius 2 is 2.09 bits per heavy atom. The highest BCUT2D eigenvalue weighted by atomic mass is 32.2. The Morgan fingerprint density at radius 3 is 2.77 bits per heavy atom. The number of thioether (sulfide) groups is 1. The van der Waals surface area contributed by atoms with E-state index in [9.17, 15) is 9.59 Å². The number of methoxy groups -OCH3 is 1. The summed E-state index contributed by atoms with van der Waals surface area (Å²) in [6, 6.07) is 10.6. The molecular formula is C16H16N2O3S. The number of ether oxygens (including phenoxy) is 1. The number of amides is 1. The maximum Gasteiger partial charge on any atom is 0.337 e. The van der Waals surface area contributed by atoms with Crippen LogP contribution >= 0.6 is 11.8 Å². The van der Waals surface area contributed by atoms with Gasteiger partial charge in [-0.2, -0.15) is 0 Å². The SMILES string of the molecule is COC(=O)c1ccc(C)c(NC(=O)CSc2ccccn2)c1. The van der Waals surface area contributed by atoms with Crippen LogP contribution in [-0.2, 0) is 9.53 Å². The van der Waals surface area contributed by atoms with Gasteiger partial charge in [0.2, 0.25) is 5.91 Å². The van der Waals surface area contributed by atoms with Gasteiger partial charge in [-0.15, -0.1) is 0 Å². The first-order chi connectivity index (χ1) is 10.6. The molecule has 1 aromatic carbocycles. The van der Waals surface area contributed by atoms with E-state index in [2.05, 4.69) is 15.0 Å². The summed E-state index contributed by atoms with van der Waals surface area (Å²) < 4.78 is 4.68. The van der Waals surface area contributed by atoms with Gasteiger partial charge in [-0.1, -0.05) is 23.9 Å². The van der Waals surface area contributed by atoms with Gasteiger partial charge >= 0.3 is 5.97 Å². The number of nitrogens with one attached hydrogen (secondary N) is 1. The smallest absolute Gasteiger partial charge is 0.337 e. The van der Waals surface area contributed by atoms with Crippen molar-refractivity contribution in [1.82, 2.24) is 4.98 Å². The molecule has 1 heterocycles. The van der Waals surface area contributed by atoms with Gasteiger partial charge < -0.3 is 10.1 Å². The van der Waals surface area contributed by atoms with Crippen LogP contribution in [0.1, 0.15) is 15.9 Å². The predicted molar refractivity (Wildman–Crippen MR) is 86.1 cm³/mol. The lowest BCUT2D eigenvalue weighted by atomic mass is 10.1. The van der Waals surface area contributed by atoms with Crippen molar-refractivity contribution in [1.29, 1.82) is 0 Å². The Balaban J connectivity index is 2.00. The first-order valence-corrected chi connectivity index (χ1v) is 7.61. The van der Waals surface area contributed by atoms with Crippen molar-refractivity contribution >= 4 is 29.3 Å². The van der Waals surface area contributed by atoms with Crippen LogP contribution in [0, 0.1) is 6.92 Å². The van der Waals surface area contributed by atoms with Crippen molar-refractivity contribution < 1.29 is 14.3 Å². The number of anilines is 1. The third-order valence-corrected chi connectivity index (χ3v) is 3.87. The van der Waals surface area contributed by atoms with E-state index in [0.717, 1.165) is 10.6 Å². The lowest BCUT2D eigenvalue weighted by molar-refractivity contribution is -0.113. The van der Waals surface area contributed by atoms with Crippen molar-refractivity contribution in [2.24, 2.45) is 0 Å². The van der Waals surface area contributed by atoms with E-state index in [0.29, 0.717) is 11.3 Å². The molecule has 0 aliphatic heterocycles. The van der Waals surface area contributed by atoms with Gasteiger partial charge in [0.05, 0.1) is 23.5 Å². The Hall–Kier alpha value is -2.34. The topological polar surface area (TPSA) is 68.3 Å². The second kappa shape index (κ2) is 7.61. The Kier molecular flexibility index (Phi) is 5.55. The molecule has 1 aromatic heterocycles. The largest absolute Gasteiger partial charge is 0.465 e. The van der Waals surface area contributed by atoms with Crippen LogP contribution in [0.15, 0.2) is 47.6 Å². The van der Waals surface area contributed by atoms with E-state index >= 15 is 0 Å². The zero-order chi connectivity index (χ0) is 15.9. The van der Waals surface area contributed by atoms with E-state index < -0.39 is 5.97 Å².